The van der Waals surface area contributed by atoms with E-state index in [0.717, 1.165) is 30.2 Å². The van der Waals surface area contributed by atoms with Crippen LogP contribution in [0.4, 0.5) is 0 Å². The summed E-state index contributed by atoms with van der Waals surface area (Å²) in [6.07, 6.45) is 0. The van der Waals surface area contributed by atoms with Crippen molar-refractivity contribution in [1.29, 1.82) is 0 Å². The van der Waals surface area contributed by atoms with Gasteiger partial charge >= 0.3 is 0 Å². The van der Waals surface area contributed by atoms with Gasteiger partial charge in [-0.2, -0.15) is 0 Å². The van der Waals surface area contributed by atoms with Crippen LogP contribution in [0.5, 0.6) is 11.5 Å². The van der Waals surface area contributed by atoms with Crippen molar-refractivity contribution in [2.75, 3.05) is 40.5 Å². The molecular weight excluding hydrogens is 326 g/mol. The molecule has 0 saturated heterocycles. The molecule has 0 radical (unpaired) electrons. The highest BCUT2D eigenvalue weighted by Crippen LogP contribution is 2.23. The van der Waals surface area contributed by atoms with Crippen molar-refractivity contribution in [3.05, 3.63) is 59.1 Å². The summed E-state index contributed by atoms with van der Waals surface area (Å²) in [5, 5.41) is 0.716. The molecule has 24 heavy (non-hydrogen) atoms. The highest BCUT2D eigenvalue weighted by atomic mass is 35.5. The molecule has 0 unspecified atom stereocenters. The lowest BCUT2D eigenvalue weighted by molar-refractivity contribution is 0.0835. The molecule has 130 valence electrons. The second-order valence-corrected chi connectivity index (χ2v) is 5.90. The molecule has 0 aliphatic carbocycles. The molecule has 0 fully saturated rings. The van der Waals surface area contributed by atoms with Crippen molar-refractivity contribution in [2.45, 2.75) is 6.54 Å². The van der Waals surface area contributed by atoms with Crippen molar-refractivity contribution >= 4 is 11.6 Å². The molecule has 0 heterocycles. The molecule has 0 saturated carbocycles. The Bertz CT molecular complexity index is 607. The van der Waals surface area contributed by atoms with Gasteiger partial charge in [-0.3, -0.25) is 4.90 Å². The Morgan fingerprint density at radius 2 is 1.79 bits per heavy atom. The minimum atomic E-state index is 0.551. The van der Waals surface area contributed by atoms with E-state index < -0.39 is 0 Å². The highest BCUT2D eigenvalue weighted by Gasteiger charge is 2.07. The summed E-state index contributed by atoms with van der Waals surface area (Å²) >= 11 is 6.06. The van der Waals surface area contributed by atoms with Crippen molar-refractivity contribution in [3.63, 3.8) is 0 Å². The van der Waals surface area contributed by atoms with Crippen LogP contribution in [-0.2, 0) is 11.3 Å². The van der Waals surface area contributed by atoms with Crippen LogP contribution >= 0.6 is 11.6 Å². The number of hydrogen-bond acceptors (Lipinski definition) is 4. The molecule has 0 aromatic heterocycles. The van der Waals surface area contributed by atoms with E-state index in [0.29, 0.717) is 24.8 Å². The predicted molar refractivity (Wildman–Crippen MR) is 97.1 cm³/mol. The molecule has 2 aromatic rings. The molecule has 4 nitrogen and oxygen atoms in total. The maximum Gasteiger partial charge on any atom is 0.123 e. The van der Waals surface area contributed by atoms with Crippen LogP contribution in [0.2, 0.25) is 5.02 Å². The van der Waals surface area contributed by atoms with E-state index in [4.69, 9.17) is 25.8 Å². The smallest absolute Gasteiger partial charge is 0.123 e. The first-order valence-electron chi connectivity index (χ1n) is 7.95. The number of benzene rings is 2. The number of nitrogens with zero attached hydrogens (tertiary/aromatic N) is 1. The molecule has 0 atom stereocenters. The van der Waals surface area contributed by atoms with Gasteiger partial charge in [-0.1, -0.05) is 29.8 Å². The normalized spacial score (nSPS) is 10.8. The van der Waals surface area contributed by atoms with E-state index >= 15 is 0 Å². The zero-order valence-electron chi connectivity index (χ0n) is 14.2. The minimum absolute atomic E-state index is 0.551. The van der Waals surface area contributed by atoms with E-state index in [1.807, 2.05) is 55.6 Å². The second kappa shape index (κ2) is 10.2. The van der Waals surface area contributed by atoms with Crippen LogP contribution in [0.3, 0.4) is 0 Å². The Labute approximate surface area is 148 Å². The fourth-order valence-electron chi connectivity index (χ4n) is 2.30. The van der Waals surface area contributed by atoms with E-state index in [1.165, 1.54) is 0 Å². The van der Waals surface area contributed by atoms with Gasteiger partial charge in [-0.05, 0) is 37.4 Å². The third-order valence-corrected chi connectivity index (χ3v) is 3.77. The van der Waals surface area contributed by atoms with Gasteiger partial charge in [-0.15, -0.1) is 0 Å². The summed E-state index contributed by atoms with van der Waals surface area (Å²) in [5.41, 5.74) is 1.07. The molecule has 2 aromatic carbocycles. The molecule has 0 aliphatic heterocycles. The first kappa shape index (κ1) is 18.6. The lowest BCUT2D eigenvalue weighted by atomic mass is 10.2. The number of likely N-dealkylation sites (N-methyl/N-ethyl adjacent to an activating group) is 1. The van der Waals surface area contributed by atoms with E-state index in [-0.39, 0.29) is 0 Å². The van der Waals surface area contributed by atoms with Gasteiger partial charge in [0.15, 0.2) is 0 Å². The molecule has 2 rings (SSSR count). The molecule has 0 N–H and O–H groups in total. The number of ether oxygens (including phenoxy) is 3. The van der Waals surface area contributed by atoms with Crippen molar-refractivity contribution < 1.29 is 14.2 Å². The third kappa shape index (κ3) is 6.40. The summed E-state index contributed by atoms with van der Waals surface area (Å²) in [7, 11) is 3.72. The number of methoxy groups -OCH3 is 1. The Morgan fingerprint density at radius 3 is 2.54 bits per heavy atom. The largest absolute Gasteiger partial charge is 0.496 e. The van der Waals surface area contributed by atoms with Gasteiger partial charge in [-0.25, -0.2) is 0 Å². The van der Waals surface area contributed by atoms with Crippen LogP contribution in [0.25, 0.3) is 0 Å². The van der Waals surface area contributed by atoms with Gasteiger partial charge in [0.2, 0.25) is 0 Å². The topological polar surface area (TPSA) is 30.9 Å². The molecule has 0 amide bonds. The van der Waals surface area contributed by atoms with Gasteiger partial charge in [0.05, 0.1) is 20.3 Å². The fourth-order valence-corrected chi connectivity index (χ4v) is 2.49. The van der Waals surface area contributed by atoms with Crippen LogP contribution in [0.1, 0.15) is 5.56 Å². The van der Waals surface area contributed by atoms with Crippen LogP contribution in [0, 0.1) is 0 Å². The Kier molecular flexibility index (Phi) is 7.89. The van der Waals surface area contributed by atoms with Gasteiger partial charge in [0, 0.05) is 23.7 Å². The number of hydrogen-bond donors (Lipinski definition) is 0. The lowest BCUT2D eigenvalue weighted by Gasteiger charge is -2.18. The van der Waals surface area contributed by atoms with Gasteiger partial charge in [0.1, 0.15) is 18.1 Å². The van der Waals surface area contributed by atoms with E-state index in [2.05, 4.69) is 4.90 Å². The van der Waals surface area contributed by atoms with Crippen molar-refractivity contribution in [2.24, 2.45) is 0 Å². The quantitative estimate of drug-likeness (QED) is 0.609. The van der Waals surface area contributed by atoms with Crippen molar-refractivity contribution in [1.82, 2.24) is 4.90 Å². The highest BCUT2D eigenvalue weighted by molar-refractivity contribution is 6.30. The molecular formula is C19H24ClNO3. The predicted octanol–water partition coefficient (Wildman–Crippen LogP) is 3.88. The number of rotatable bonds is 10. The summed E-state index contributed by atoms with van der Waals surface area (Å²) in [6.45, 7) is 3.35. The van der Waals surface area contributed by atoms with Gasteiger partial charge < -0.3 is 14.2 Å². The SMILES string of the molecule is COc1ccc(Cl)cc1CN(C)CCOCCOc1ccccc1. The van der Waals surface area contributed by atoms with E-state index in [9.17, 15) is 0 Å². The second-order valence-electron chi connectivity index (χ2n) is 5.47. The molecule has 0 aliphatic rings. The first-order valence-corrected chi connectivity index (χ1v) is 8.33. The first-order chi connectivity index (χ1) is 11.7. The lowest BCUT2D eigenvalue weighted by Crippen LogP contribution is -2.24. The molecule has 0 spiro atoms. The van der Waals surface area contributed by atoms with Crippen molar-refractivity contribution in [3.8, 4) is 11.5 Å². The Morgan fingerprint density at radius 1 is 1.00 bits per heavy atom. The minimum Gasteiger partial charge on any atom is -0.496 e. The maximum atomic E-state index is 6.06. The van der Waals surface area contributed by atoms with Crippen LogP contribution < -0.4 is 9.47 Å². The Balaban J connectivity index is 1.63. The summed E-state index contributed by atoms with van der Waals surface area (Å²) in [6, 6.07) is 15.4. The Hall–Kier alpha value is -1.75. The zero-order chi connectivity index (χ0) is 17.2. The van der Waals surface area contributed by atoms with Crippen LogP contribution in [0.15, 0.2) is 48.5 Å². The molecule has 5 heteroatoms. The van der Waals surface area contributed by atoms with Crippen LogP contribution in [-0.4, -0.2) is 45.4 Å². The molecule has 0 bridgehead atoms. The third-order valence-electron chi connectivity index (χ3n) is 3.54. The standard InChI is InChI=1S/C19H24ClNO3/c1-21(15-16-14-17(20)8-9-19(16)22-2)10-11-23-12-13-24-18-6-4-3-5-7-18/h3-9,14H,10-13,15H2,1-2H3. The van der Waals surface area contributed by atoms with Gasteiger partial charge in [0.25, 0.3) is 0 Å². The summed E-state index contributed by atoms with van der Waals surface area (Å²) < 4.78 is 16.6. The summed E-state index contributed by atoms with van der Waals surface area (Å²) in [5.74, 6) is 1.72. The number of halogens is 1. The fraction of sp³-hybridized carbons (Fsp3) is 0.368. The monoisotopic (exact) mass is 349 g/mol. The zero-order valence-corrected chi connectivity index (χ0v) is 15.0. The summed E-state index contributed by atoms with van der Waals surface area (Å²) in [4.78, 5) is 2.17. The van der Waals surface area contributed by atoms with E-state index in [1.54, 1.807) is 7.11 Å². The number of para-hydroxylation sites is 1. The average molecular weight is 350 g/mol. The maximum absolute atomic E-state index is 6.06. The average Bonchev–Trinajstić information content (AvgIpc) is 2.59.